The highest BCUT2D eigenvalue weighted by molar-refractivity contribution is 5.99. The third-order valence-electron chi connectivity index (χ3n) is 4.18. The van der Waals surface area contributed by atoms with Gasteiger partial charge in [0.25, 0.3) is 0 Å². The van der Waals surface area contributed by atoms with E-state index < -0.39 is 0 Å². The SMILES string of the molecule is CCc1ccc(NC(=O)[C@@H](C)Nc2cccc3ccccc23)cc1. The van der Waals surface area contributed by atoms with Crippen molar-refractivity contribution in [1.82, 2.24) is 0 Å². The molecule has 0 aliphatic rings. The first-order chi connectivity index (χ1) is 11.7. The Morgan fingerprint density at radius 3 is 2.42 bits per heavy atom. The van der Waals surface area contributed by atoms with Gasteiger partial charge in [-0.2, -0.15) is 0 Å². The highest BCUT2D eigenvalue weighted by Crippen LogP contribution is 2.23. The van der Waals surface area contributed by atoms with E-state index in [1.165, 1.54) is 5.56 Å². The van der Waals surface area contributed by atoms with E-state index in [1.54, 1.807) is 0 Å². The maximum absolute atomic E-state index is 12.4. The van der Waals surface area contributed by atoms with Crippen LogP contribution in [0.4, 0.5) is 11.4 Å². The van der Waals surface area contributed by atoms with Crippen LogP contribution < -0.4 is 10.6 Å². The lowest BCUT2D eigenvalue weighted by Gasteiger charge is -2.17. The zero-order valence-corrected chi connectivity index (χ0v) is 14.0. The molecule has 3 nitrogen and oxygen atoms in total. The topological polar surface area (TPSA) is 41.1 Å². The van der Waals surface area contributed by atoms with Gasteiger partial charge in [0.2, 0.25) is 5.91 Å². The summed E-state index contributed by atoms with van der Waals surface area (Å²) in [6, 6.07) is 21.9. The Morgan fingerprint density at radius 2 is 1.67 bits per heavy atom. The van der Waals surface area contributed by atoms with Gasteiger partial charge >= 0.3 is 0 Å². The van der Waals surface area contributed by atoms with E-state index in [2.05, 4.69) is 35.8 Å². The second-order valence-corrected chi connectivity index (χ2v) is 5.93. The Bertz CT molecular complexity index is 835. The van der Waals surface area contributed by atoms with Gasteiger partial charge in [0.05, 0.1) is 0 Å². The Kier molecular flexibility index (Phi) is 4.80. The second kappa shape index (κ2) is 7.18. The van der Waals surface area contributed by atoms with E-state index in [0.29, 0.717) is 0 Å². The van der Waals surface area contributed by atoms with E-state index in [0.717, 1.165) is 28.6 Å². The summed E-state index contributed by atoms with van der Waals surface area (Å²) in [6.45, 7) is 3.99. The van der Waals surface area contributed by atoms with Gasteiger partial charge < -0.3 is 10.6 Å². The van der Waals surface area contributed by atoms with Crippen molar-refractivity contribution in [2.24, 2.45) is 0 Å². The fourth-order valence-corrected chi connectivity index (χ4v) is 2.72. The summed E-state index contributed by atoms with van der Waals surface area (Å²) in [5, 5.41) is 8.55. The number of nitrogens with one attached hydrogen (secondary N) is 2. The molecule has 3 aromatic rings. The van der Waals surface area contributed by atoms with Crippen molar-refractivity contribution < 1.29 is 4.79 Å². The first kappa shape index (κ1) is 16.1. The fraction of sp³-hybridized carbons (Fsp3) is 0.190. The van der Waals surface area contributed by atoms with E-state index in [9.17, 15) is 4.79 Å². The quantitative estimate of drug-likeness (QED) is 0.706. The number of amides is 1. The molecule has 122 valence electrons. The molecule has 0 aliphatic carbocycles. The molecule has 3 rings (SSSR count). The fourth-order valence-electron chi connectivity index (χ4n) is 2.72. The first-order valence-electron chi connectivity index (χ1n) is 8.31. The second-order valence-electron chi connectivity index (χ2n) is 5.93. The summed E-state index contributed by atoms with van der Waals surface area (Å²) in [5.74, 6) is -0.0489. The number of hydrogen-bond acceptors (Lipinski definition) is 2. The molecule has 0 heterocycles. The van der Waals surface area contributed by atoms with E-state index in [1.807, 2.05) is 55.5 Å². The smallest absolute Gasteiger partial charge is 0.246 e. The molecular formula is C21H22N2O. The van der Waals surface area contributed by atoms with Crippen molar-refractivity contribution in [3.8, 4) is 0 Å². The number of rotatable bonds is 5. The highest BCUT2D eigenvalue weighted by Gasteiger charge is 2.13. The van der Waals surface area contributed by atoms with Gasteiger partial charge in [0.15, 0.2) is 0 Å². The predicted octanol–water partition coefficient (Wildman–Crippen LogP) is 4.84. The number of fused-ring (bicyclic) bond motifs is 1. The lowest BCUT2D eigenvalue weighted by Crippen LogP contribution is -2.31. The molecule has 3 aromatic carbocycles. The number of carbonyl (C=O) groups is 1. The summed E-state index contributed by atoms with van der Waals surface area (Å²) in [7, 11) is 0. The van der Waals surface area contributed by atoms with Gasteiger partial charge in [-0.25, -0.2) is 0 Å². The molecule has 0 bridgehead atoms. The lowest BCUT2D eigenvalue weighted by atomic mass is 10.1. The first-order valence-corrected chi connectivity index (χ1v) is 8.31. The van der Waals surface area contributed by atoms with Gasteiger partial charge in [0, 0.05) is 16.8 Å². The van der Waals surface area contributed by atoms with Crippen LogP contribution in [-0.2, 0) is 11.2 Å². The molecule has 3 heteroatoms. The van der Waals surface area contributed by atoms with Crippen molar-refractivity contribution in [2.75, 3.05) is 10.6 Å². The molecule has 0 fully saturated rings. The van der Waals surface area contributed by atoms with Gasteiger partial charge in [-0.15, -0.1) is 0 Å². The van der Waals surface area contributed by atoms with Crippen LogP contribution in [0.15, 0.2) is 66.7 Å². The highest BCUT2D eigenvalue weighted by atomic mass is 16.2. The van der Waals surface area contributed by atoms with Crippen molar-refractivity contribution in [3.63, 3.8) is 0 Å². The van der Waals surface area contributed by atoms with Crippen LogP contribution in [-0.4, -0.2) is 11.9 Å². The molecule has 24 heavy (non-hydrogen) atoms. The molecule has 0 spiro atoms. The van der Waals surface area contributed by atoms with Crippen molar-refractivity contribution >= 4 is 28.1 Å². The average Bonchev–Trinajstić information content (AvgIpc) is 2.62. The van der Waals surface area contributed by atoms with Crippen LogP contribution in [0.5, 0.6) is 0 Å². The molecule has 0 saturated heterocycles. The Morgan fingerprint density at radius 1 is 0.958 bits per heavy atom. The Hall–Kier alpha value is -2.81. The summed E-state index contributed by atoms with van der Waals surface area (Å²) < 4.78 is 0. The summed E-state index contributed by atoms with van der Waals surface area (Å²) in [4.78, 5) is 12.4. The van der Waals surface area contributed by atoms with Gasteiger partial charge in [-0.1, -0.05) is 55.5 Å². The molecule has 0 saturated carbocycles. The largest absolute Gasteiger partial charge is 0.373 e. The molecule has 0 unspecified atom stereocenters. The van der Waals surface area contributed by atoms with E-state index in [-0.39, 0.29) is 11.9 Å². The molecule has 1 amide bonds. The maximum atomic E-state index is 12.4. The van der Waals surface area contributed by atoms with E-state index in [4.69, 9.17) is 0 Å². The van der Waals surface area contributed by atoms with Crippen LogP contribution in [0.1, 0.15) is 19.4 Å². The minimum atomic E-state index is -0.332. The minimum Gasteiger partial charge on any atom is -0.373 e. The zero-order chi connectivity index (χ0) is 16.9. The number of anilines is 2. The molecule has 1 atom stereocenters. The average molecular weight is 318 g/mol. The molecule has 0 radical (unpaired) electrons. The van der Waals surface area contributed by atoms with Gasteiger partial charge in [-0.05, 0) is 42.5 Å². The van der Waals surface area contributed by atoms with Crippen molar-refractivity contribution in [3.05, 3.63) is 72.3 Å². The maximum Gasteiger partial charge on any atom is 0.246 e. The number of hydrogen-bond donors (Lipinski definition) is 2. The normalized spacial score (nSPS) is 11.9. The van der Waals surface area contributed by atoms with Gasteiger partial charge in [0.1, 0.15) is 6.04 Å². The lowest BCUT2D eigenvalue weighted by molar-refractivity contribution is -0.116. The van der Waals surface area contributed by atoms with Crippen LogP contribution in [0.25, 0.3) is 10.8 Å². The number of carbonyl (C=O) groups excluding carboxylic acids is 1. The van der Waals surface area contributed by atoms with Crippen LogP contribution >= 0.6 is 0 Å². The summed E-state index contributed by atoms with van der Waals surface area (Å²) >= 11 is 0. The van der Waals surface area contributed by atoms with Crippen molar-refractivity contribution in [2.45, 2.75) is 26.3 Å². The predicted molar refractivity (Wildman–Crippen MR) is 101 cm³/mol. The molecule has 2 N–H and O–H groups in total. The summed E-state index contributed by atoms with van der Waals surface area (Å²) in [6.07, 6.45) is 0.993. The standard InChI is InChI=1S/C21H22N2O/c1-3-16-11-13-18(14-12-16)23-21(24)15(2)22-20-10-6-8-17-7-4-5-9-19(17)20/h4-15,22H,3H2,1-2H3,(H,23,24)/t15-/m1/s1. The van der Waals surface area contributed by atoms with Crippen LogP contribution in [0, 0.1) is 0 Å². The minimum absolute atomic E-state index is 0.0489. The van der Waals surface area contributed by atoms with Crippen LogP contribution in [0.2, 0.25) is 0 Å². The van der Waals surface area contributed by atoms with Gasteiger partial charge in [-0.3, -0.25) is 4.79 Å². The third kappa shape index (κ3) is 3.57. The van der Waals surface area contributed by atoms with E-state index >= 15 is 0 Å². The Labute approximate surface area is 142 Å². The third-order valence-corrected chi connectivity index (χ3v) is 4.18. The molecule has 0 aliphatic heterocycles. The summed E-state index contributed by atoms with van der Waals surface area (Å²) in [5.41, 5.74) is 3.05. The zero-order valence-electron chi connectivity index (χ0n) is 14.0. The monoisotopic (exact) mass is 318 g/mol. The number of aryl methyl sites for hydroxylation is 1. The Balaban J connectivity index is 1.71. The molecule has 0 aromatic heterocycles. The number of benzene rings is 3. The van der Waals surface area contributed by atoms with Crippen molar-refractivity contribution in [1.29, 1.82) is 0 Å². The molecular weight excluding hydrogens is 296 g/mol. The van der Waals surface area contributed by atoms with Crippen LogP contribution in [0.3, 0.4) is 0 Å².